The zero-order valence-electron chi connectivity index (χ0n) is 15.9. The van der Waals surface area contributed by atoms with Gasteiger partial charge in [-0.25, -0.2) is 4.39 Å². The summed E-state index contributed by atoms with van der Waals surface area (Å²) in [7, 11) is 1.52. The molecule has 0 radical (unpaired) electrons. The lowest BCUT2D eigenvalue weighted by molar-refractivity contribution is -0.160. The number of hydrogen-bond acceptors (Lipinski definition) is 5. The van der Waals surface area contributed by atoms with E-state index >= 15 is 0 Å². The molecule has 0 aromatic heterocycles. The summed E-state index contributed by atoms with van der Waals surface area (Å²) in [4.78, 5) is 16.6. The Kier molecular flexibility index (Phi) is 6.34. The Labute approximate surface area is 159 Å². The van der Waals surface area contributed by atoms with Gasteiger partial charge in [0, 0.05) is 31.8 Å². The summed E-state index contributed by atoms with van der Waals surface area (Å²) in [6.45, 7) is 2.65. The molecule has 1 amide bonds. The van der Waals surface area contributed by atoms with Gasteiger partial charge in [-0.15, -0.1) is 0 Å². The lowest BCUT2D eigenvalue weighted by Crippen LogP contribution is -2.59. The largest absolute Gasteiger partial charge is 0.497 e. The number of nitrogens with zero attached hydrogens (tertiary/aromatic N) is 2. The number of carbonyl (C=O) groups is 1. The van der Waals surface area contributed by atoms with Crippen molar-refractivity contribution < 1.29 is 24.1 Å². The molecule has 2 fully saturated rings. The van der Waals surface area contributed by atoms with E-state index < -0.39 is 5.60 Å². The minimum atomic E-state index is -1.43. The highest BCUT2D eigenvalue weighted by atomic mass is 19.1. The standard InChI is InChI=1S/C20H29FN2O4/c1-27-17-3-4-18(21)16(11-17)12-23-8-2-7-20(26,19(23)25)14-22-9-5-15(13-24)6-10-22/h3-4,11,15,24,26H,2,5-10,12-14H2,1H3/t20-/m1/s1. The molecule has 0 spiro atoms. The van der Waals surface area contributed by atoms with Gasteiger partial charge in [-0.05, 0) is 62.9 Å². The molecule has 2 heterocycles. The van der Waals surface area contributed by atoms with Crippen molar-refractivity contribution in [2.75, 3.05) is 39.9 Å². The summed E-state index contributed by atoms with van der Waals surface area (Å²) in [6.07, 6.45) is 2.85. The number of rotatable bonds is 6. The molecule has 0 unspecified atom stereocenters. The normalized spacial score (nSPS) is 25.0. The maximum absolute atomic E-state index is 14.1. The summed E-state index contributed by atoms with van der Waals surface area (Å²) in [5.41, 5.74) is -1.05. The second-order valence-corrected chi connectivity index (χ2v) is 7.72. The molecule has 6 nitrogen and oxygen atoms in total. The summed E-state index contributed by atoms with van der Waals surface area (Å²) in [5, 5.41) is 20.3. The van der Waals surface area contributed by atoms with Crippen molar-refractivity contribution in [1.82, 2.24) is 9.80 Å². The van der Waals surface area contributed by atoms with E-state index in [2.05, 4.69) is 4.90 Å². The Hall–Kier alpha value is -1.70. The second-order valence-electron chi connectivity index (χ2n) is 7.72. The van der Waals surface area contributed by atoms with Gasteiger partial charge in [0.2, 0.25) is 0 Å². The number of carbonyl (C=O) groups excluding carboxylic acids is 1. The monoisotopic (exact) mass is 380 g/mol. The van der Waals surface area contributed by atoms with E-state index in [0.717, 1.165) is 25.9 Å². The molecular formula is C20H29FN2O4. The summed E-state index contributed by atoms with van der Waals surface area (Å²) in [5.74, 6) is 0.132. The first-order valence-corrected chi connectivity index (χ1v) is 9.62. The van der Waals surface area contributed by atoms with Crippen molar-refractivity contribution in [3.05, 3.63) is 29.6 Å². The number of amides is 1. The van der Waals surface area contributed by atoms with Crippen LogP contribution in [0, 0.1) is 11.7 Å². The Balaban J connectivity index is 1.66. The SMILES string of the molecule is COc1ccc(F)c(CN2CCC[C@@](O)(CN3CCC(CO)CC3)C2=O)c1. The Morgan fingerprint density at radius 2 is 2.04 bits per heavy atom. The van der Waals surface area contributed by atoms with Crippen molar-refractivity contribution in [3.8, 4) is 5.75 Å². The summed E-state index contributed by atoms with van der Waals surface area (Å²) in [6, 6.07) is 4.47. The predicted octanol–water partition coefficient (Wildman–Crippen LogP) is 1.39. The van der Waals surface area contributed by atoms with Crippen LogP contribution in [-0.2, 0) is 11.3 Å². The van der Waals surface area contributed by atoms with E-state index in [1.54, 1.807) is 17.0 Å². The smallest absolute Gasteiger partial charge is 0.256 e. The van der Waals surface area contributed by atoms with E-state index in [9.17, 15) is 19.4 Å². The molecular weight excluding hydrogens is 351 g/mol. The van der Waals surface area contributed by atoms with Crippen LogP contribution in [0.5, 0.6) is 5.75 Å². The molecule has 27 heavy (non-hydrogen) atoms. The minimum Gasteiger partial charge on any atom is -0.497 e. The Morgan fingerprint density at radius 1 is 1.30 bits per heavy atom. The van der Waals surface area contributed by atoms with Crippen molar-refractivity contribution in [1.29, 1.82) is 0 Å². The second kappa shape index (κ2) is 8.54. The van der Waals surface area contributed by atoms with Crippen LogP contribution >= 0.6 is 0 Å². The van der Waals surface area contributed by atoms with Gasteiger partial charge >= 0.3 is 0 Å². The van der Waals surface area contributed by atoms with Gasteiger partial charge in [0.1, 0.15) is 11.6 Å². The average Bonchev–Trinajstić information content (AvgIpc) is 2.68. The lowest BCUT2D eigenvalue weighted by Gasteiger charge is -2.42. The fourth-order valence-electron chi connectivity index (χ4n) is 4.06. The highest BCUT2D eigenvalue weighted by Crippen LogP contribution is 2.28. The van der Waals surface area contributed by atoms with Crippen LogP contribution in [0.15, 0.2) is 18.2 Å². The van der Waals surface area contributed by atoms with Gasteiger partial charge in [0.05, 0.1) is 7.11 Å². The van der Waals surface area contributed by atoms with E-state index in [4.69, 9.17) is 4.74 Å². The van der Waals surface area contributed by atoms with Crippen LogP contribution in [0.25, 0.3) is 0 Å². The van der Waals surface area contributed by atoms with Gasteiger partial charge in [-0.2, -0.15) is 0 Å². The molecule has 2 aliphatic rings. The number of β-amino-alcohol motifs (C(OH)–C–C–N with tert-alkyl or cyclic N) is 1. The fourth-order valence-corrected chi connectivity index (χ4v) is 4.06. The van der Waals surface area contributed by atoms with Crippen molar-refractivity contribution in [2.24, 2.45) is 5.92 Å². The third kappa shape index (κ3) is 4.59. The number of ether oxygens (including phenoxy) is 1. The molecule has 2 aliphatic heterocycles. The summed E-state index contributed by atoms with van der Waals surface area (Å²) >= 11 is 0. The first-order chi connectivity index (χ1) is 12.9. The predicted molar refractivity (Wildman–Crippen MR) is 98.8 cm³/mol. The number of likely N-dealkylation sites (tertiary alicyclic amines) is 2. The molecule has 150 valence electrons. The zero-order chi connectivity index (χ0) is 19.4. The Morgan fingerprint density at radius 3 is 2.70 bits per heavy atom. The van der Waals surface area contributed by atoms with Gasteiger partial charge in [0.15, 0.2) is 5.60 Å². The van der Waals surface area contributed by atoms with Crippen LogP contribution in [0.1, 0.15) is 31.2 Å². The molecule has 0 saturated carbocycles. The highest BCUT2D eigenvalue weighted by molar-refractivity contribution is 5.86. The van der Waals surface area contributed by atoms with Crippen LogP contribution in [0.2, 0.25) is 0 Å². The average molecular weight is 380 g/mol. The quantitative estimate of drug-likeness (QED) is 0.780. The maximum Gasteiger partial charge on any atom is 0.256 e. The van der Waals surface area contributed by atoms with Gasteiger partial charge in [0.25, 0.3) is 5.91 Å². The molecule has 0 bridgehead atoms. The maximum atomic E-state index is 14.1. The molecule has 1 aromatic rings. The summed E-state index contributed by atoms with van der Waals surface area (Å²) < 4.78 is 19.3. The van der Waals surface area contributed by atoms with Crippen LogP contribution < -0.4 is 4.74 Å². The molecule has 7 heteroatoms. The molecule has 1 atom stereocenters. The first-order valence-electron chi connectivity index (χ1n) is 9.62. The number of aliphatic hydroxyl groups excluding tert-OH is 1. The number of halogens is 1. The van der Waals surface area contributed by atoms with Crippen LogP contribution in [0.3, 0.4) is 0 Å². The van der Waals surface area contributed by atoms with Crippen molar-refractivity contribution in [3.63, 3.8) is 0 Å². The van der Waals surface area contributed by atoms with Gasteiger partial charge < -0.3 is 19.8 Å². The number of piperidine rings is 2. The fraction of sp³-hybridized carbons (Fsp3) is 0.650. The van der Waals surface area contributed by atoms with Crippen LogP contribution in [0.4, 0.5) is 4.39 Å². The van der Waals surface area contributed by atoms with E-state index in [1.165, 1.54) is 13.2 Å². The third-order valence-corrected chi connectivity index (χ3v) is 5.77. The lowest BCUT2D eigenvalue weighted by atomic mass is 9.89. The highest BCUT2D eigenvalue weighted by Gasteiger charge is 2.43. The number of hydrogen-bond donors (Lipinski definition) is 2. The molecule has 2 N–H and O–H groups in total. The van der Waals surface area contributed by atoms with Crippen molar-refractivity contribution in [2.45, 2.75) is 37.8 Å². The minimum absolute atomic E-state index is 0.122. The zero-order valence-corrected chi connectivity index (χ0v) is 15.9. The van der Waals surface area contributed by atoms with E-state index in [-0.39, 0.29) is 24.9 Å². The van der Waals surface area contributed by atoms with Gasteiger partial charge in [-0.3, -0.25) is 9.69 Å². The van der Waals surface area contributed by atoms with Gasteiger partial charge in [-0.1, -0.05) is 0 Å². The molecule has 2 saturated heterocycles. The molecule has 0 aliphatic carbocycles. The number of benzene rings is 1. The van der Waals surface area contributed by atoms with Crippen molar-refractivity contribution >= 4 is 5.91 Å². The van der Waals surface area contributed by atoms with E-state index in [0.29, 0.717) is 43.2 Å². The topological polar surface area (TPSA) is 73.2 Å². The third-order valence-electron chi connectivity index (χ3n) is 5.77. The van der Waals surface area contributed by atoms with Crippen LogP contribution in [-0.4, -0.2) is 71.4 Å². The molecule has 1 aromatic carbocycles. The van der Waals surface area contributed by atoms with E-state index in [1.807, 2.05) is 0 Å². The number of aliphatic hydroxyl groups is 2. The first kappa shape index (κ1) is 20.0. The number of methoxy groups -OCH3 is 1. The Bertz CT molecular complexity index is 663. The molecule has 3 rings (SSSR count).